The molecular formula is C12H15NO2. The number of benzene rings is 1. The van der Waals surface area contributed by atoms with Gasteiger partial charge in [-0.2, -0.15) is 0 Å². The number of hydrogen-bond donors (Lipinski definition) is 0. The zero-order chi connectivity index (χ0) is 10.9. The van der Waals surface area contributed by atoms with E-state index in [-0.39, 0.29) is 0 Å². The second-order valence-electron chi connectivity index (χ2n) is 3.15. The third-order valence-electron chi connectivity index (χ3n) is 2.03. The highest BCUT2D eigenvalue weighted by molar-refractivity contribution is 5.32. The van der Waals surface area contributed by atoms with Crippen LogP contribution < -0.4 is 4.74 Å². The number of isocyanates is 1. The van der Waals surface area contributed by atoms with E-state index in [9.17, 15) is 4.79 Å². The summed E-state index contributed by atoms with van der Waals surface area (Å²) in [6, 6.07) is 7.99. The molecule has 0 aromatic heterocycles. The summed E-state index contributed by atoms with van der Waals surface area (Å²) in [5.74, 6) is 0.896. The van der Waals surface area contributed by atoms with Crippen molar-refractivity contribution in [1.82, 2.24) is 0 Å². The Hall–Kier alpha value is -1.60. The van der Waals surface area contributed by atoms with Crippen LogP contribution in [0.4, 0.5) is 0 Å². The van der Waals surface area contributed by atoms with Gasteiger partial charge in [-0.15, -0.1) is 0 Å². The van der Waals surface area contributed by atoms with Crippen molar-refractivity contribution in [2.75, 3.05) is 13.2 Å². The van der Waals surface area contributed by atoms with E-state index >= 15 is 0 Å². The van der Waals surface area contributed by atoms with Crippen LogP contribution in [0.25, 0.3) is 0 Å². The van der Waals surface area contributed by atoms with Crippen molar-refractivity contribution in [2.24, 2.45) is 4.99 Å². The Kier molecular flexibility index (Phi) is 5.20. The van der Waals surface area contributed by atoms with Crippen LogP contribution in [0.5, 0.6) is 5.75 Å². The van der Waals surface area contributed by atoms with Gasteiger partial charge in [-0.05, 0) is 37.5 Å². The highest BCUT2D eigenvalue weighted by Crippen LogP contribution is 2.13. The molecule has 0 N–H and O–H groups in total. The van der Waals surface area contributed by atoms with Crippen molar-refractivity contribution in [1.29, 1.82) is 0 Å². The third kappa shape index (κ3) is 4.43. The molecule has 80 valence electrons. The van der Waals surface area contributed by atoms with E-state index in [1.54, 1.807) is 0 Å². The van der Waals surface area contributed by atoms with Crippen LogP contribution in [0.1, 0.15) is 18.9 Å². The Morgan fingerprint density at radius 2 is 2.07 bits per heavy atom. The summed E-state index contributed by atoms with van der Waals surface area (Å²) < 4.78 is 5.33. The molecule has 1 rings (SSSR count). The molecule has 1 aromatic rings. The van der Waals surface area contributed by atoms with Gasteiger partial charge in [0.1, 0.15) is 5.75 Å². The Morgan fingerprint density at radius 1 is 1.33 bits per heavy atom. The number of aryl methyl sites for hydroxylation is 1. The normalized spacial score (nSPS) is 9.40. The quantitative estimate of drug-likeness (QED) is 0.406. The standard InChI is InChI=1S/C12H15NO2/c1-2-15-12-7-5-11(6-8-12)4-3-9-13-10-14/h5-8H,2-4,9H2,1H3. The summed E-state index contributed by atoms with van der Waals surface area (Å²) >= 11 is 0. The Morgan fingerprint density at radius 3 is 2.67 bits per heavy atom. The van der Waals surface area contributed by atoms with E-state index in [1.807, 2.05) is 31.2 Å². The highest BCUT2D eigenvalue weighted by atomic mass is 16.5. The van der Waals surface area contributed by atoms with Gasteiger partial charge in [-0.25, -0.2) is 9.79 Å². The number of rotatable bonds is 6. The van der Waals surface area contributed by atoms with Crippen molar-refractivity contribution in [2.45, 2.75) is 19.8 Å². The molecule has 0 saturated heterocycles. The van der Waals surface area contributed by atoms with Gasteiger partial charge in [0, 0.05) is 0 Å². The maximum absolute atomic E-state index is 9.82. The second kappa shape index (κ2) is 6.80. The fourth-order valence-electron chi connectivity index (χ4n) is 1.33. The van der Waals surface area contributed by atoms with E-state index in [2.05, 4.69) is 4.99 Å². The molecule has 3 nitrogen and oxygen atoms in total. The first-order valence-electron chi connectivity index (χ1n) is 5.12. The number of ether oxygens (including phenoxy) is 1. The maximum atomic E-state index is 9.82. The van der Waals surface area contributed by atoms with Crippen molar-refractivity contribution in [3.05, 3.63) is 29.8 Å². The minimum atomic E-state index is 0.552. The van der Waals surface area contributed by atoms with Gasteiger partial charge in [-0.1, -0.05) is 12.1 Å². The molecule has 0 aliphatic rings. The molecule has 0 aliphatic heterocycles. The lowest BCUT2D eigenvalue weighted by Gasteiger charge is -2.03. The monoisotopic (exact) mass is 205 g/mol. The predicted molar refractivity (Wildman–Crippen MR) is 58.9 cm³/mol. The van der Waals surface area contributed by atoms with Gasteiger partial charge >= 0.3 is 0 Å². The zero-order valence-electron chi connectivity index (χ0n) is 8.90. The lowest BCUT2D eigenvalue weighted by molar-refractivity contribution is 0.340. The predicted octanol–water partition coefficient (Wildman–Crippen LogP) is 2.35. The van der Waals surface area contributed by atoms with Crippen LogP contribution in [0, 0.1) is 0 Å². The Balaban J connectivity index is 2.38. The van der Waals surface area contributed by atoms with Crippen molar-refractivity contribution >= 4 is 6.08 Å². The number of aliphatic imine (C=N–C) groups is 1. The fourth-order valence-corrected chi connectivity index (χ4v) is 1.33. The smallest absolute Gasteiger partial charge is 0.234 e. The molecule has 15 heavy (non-hydrogen) atoms. The number of nitrogens with zero attached hydrogens (tertiary/aromatic N) is 1. The molecule has 0 unspecified atom stereocenters. The number of carbonyl (C=O) groups excluding carboxylic acids is 1. The molecule has 0 aliphatic carbocycles. The average Bonchev–Trinajstić information content (AvgIpc) is 2.27. The first-order valence-corrected chi connectivity index (χ1v) is 5.12. The van der Waals surface area contributed by atoms with Crippen LogP contribution in [0.15, 0.2) is 29.3 Å². The molecule has 0 amide bonds. The van der Waals surface area contributed by atoms with Crippen LogP contribution in [-0.2, 0) is 11.2 Å². The van der Waals surface area contributed by atoms with E-state index in [0.717, 1.165) is 18.6 Å². The zero-order valence-corrected chi connectivity index (χ0v) is 8.90. The molecule has 0 fully saturated rings. The Bertz CT molecular complexity index is 326. The minimum Gasteiger partial charge on any atom is -0.494 e. The summed E-state index contributed by atoms with van der Waals surface area (Å²) in [5.41, 5.74) is 1.24. The molecule has 3 heteroatoms. The molecule has 0 bridgehead atoms. The SMILES string of the molecule is CCOc1ccc(CCCN=C=O)cc1. The summed E-state index contributed by atoms with van der Waals surface area (Å²) in [4.78, 5) is 13.3. The van der Waals surface area contributed by atoms with Gasteiger partial charge in [0.15, 0.2) is 0 Å². The van der Waals surface area contributed by atoms with E-state index in [0.29, 0.717) is 13.2 Å². The lowest BCUT2D eigenvalue weighted by Crippen LogP contribution is -1.92. The average molecular weight is 205 g/mol. The number of hydrogen-bond acceptors (Lipinski definition) is 3. The van der Waals surface area contributed by atoms with E-state index in [4.69, 9.17) is 4.74 Å². The van der Waals surface area contributed by atoms with Gasteiger partial charge < -0.3 is 4.74 Å². The topological polar surface area (TPSA) is 38.7 Å². The van der Waals surface area contributed by atoms with Gasteiger partial charge in [0.2, 0.25) is 6.08 Å². The van der Waals surface area contributed by atoms with Crippen LogP contribution in [0.3, 0.4) is 0 Å². The summed E-state index contributed by atoms with van der Waals surface area (Å²) in [6.45, 7) is 3.20. The molecule has 0 atom stereocenters. The first kappa shape index (κ1) is 11.5. The van der Waals surface area contributed by atoms with Crippen molar-refractivity contribution < 1.29 is 9.53 Å². The summed E-state index contributed by atoms with van der Waals surface area (Å²) in [5, 5.41) is 0. The highest BCUT2D eigenvalue weighted by Gasteiger charge is 1.94. The molecule has 1 aromatic carbocycles. The molecule has 0 saturated carbocycles. The molecule has 0 spiro atoms. The summed E-state index contributed by atoms with van der Waals surface area (Å²) in [6.07, 6.45) is 3.34. The van der Waals surface area contributed by atoms with Gasteiger partial charge in [0.25, 0.3) is 0 Å². The second-order valence-corrected chi connectivity index (χ2v) is 3.15. The van der Waals surface area contributed by atoms with Crippen LogP contribution in [0.2, 0.25) is 0 Å². The van der Waals surface area contributed by atoms with E-state index in [1.165, 1.54) is 11.6 Å². The van der Waals surface area contributed by atoms with Crippen LogP contribution >= 0.6 is 0 Å². The van der Waals surface area contributed by atoms with E-state index < -0.39 is 0 Å². The van der Waals surface area contributed by atoms with Crippen LogP contribution in [-0.4, -0.2) is 19.2 Å². The van der Waals surface area contributed by atoms with Crippen molar-refractivity contribution in [3.63, 3.8) is 0 Å². The fraction of sp³-hybridized carbons (Fsp3) is 0.417. The van der Waals surface area contributed by atoms with Gasteiger partial charge in [0.05, 0.1) is 13.2 Å². The minimum absolute atomic E-state index is 0.552. The summed E-state index contributed by atoms with van der Waals surface area (Å²) in [7, 11) is 0. The Labute approximate surface area is 89.8 Å². The first-order chi connectivity index (χ1) is 7.36. The van der Waals surface area contributed by atoms with Gasteiger partial charge in [-0.3, -0.25) is 0 Å². The third-order valence-corrected chi connectivity index (χ3v) is 2.03. The van der Waals surface area contributed by atoms with Crippen molar-refractivity contribution in [3.8, 4) is 5.75 Å². The molecule has 0 heterocycles. The molecule has 0 radical (unpaired) electrons. The lowest BCUT2D eigenvalue weighted by atomic mass is 10.1. The maximum Gasteiger partial charge on any atom is 0.234 e. The largest absolute Gasteiger partial charge is 0.494 e. The molecular weight excluding hydrogens is 190 g/mol.